The van der Waals surface area contributed by atoms with Crippen molar-refractivity contribution >= 4 is 11.8 Å². The number of hydrogen-bond acceptors (Lipinski definition) is 1. The predicted molar refractivity (Wildman–Crippen MR) is 52.0 cm³/mol. The quantitative estimate of drug-likeness (QED) is 0.623. The van der Waals surface area contributed by atoms with Gasteiger partial charge in [-0.2, -0.15) is 0 Å². The molecule has 3 atom stereocenters. The van der Waals surface area contributed by atoms with Gasteiger partial charge in [0.15, 0.2) is 0 Å². The Labute approximate surface area is 80.0 Å². The summed E-state index contributed by atoms with van der Waals surface area (Å²) >= 11 is 5.83. The molecule has 70 valence electrons. The standard InChI is InChI=1S/C10H18ClN/c1-9(2)7-4-5-10(3,6-7)8(9)12-11/h7-8,12H,4-6H2,1-3H3. The van der Waals surface area contributed by atoms with E-state index in [9.17, 15) is 0 Å². The molecule has 2 bridgehead atoms. The van der Waals surface area contributed by atoms with Gasteiger partial charge >= 0.3 is 0 Å². The Bertz CT molecular complexity index is 197. The Morgan fingerprint density at radius 3 is 2.33 bits per heavy atom. The summed E-state index contributed by atoms with van der Waals surface area (Å²) in [4.78, 5) is 3.00. The van der Waals surface area contributed by atoms with Crippen LogP contribution in [-0.2, 0) is 0 Å². The van der Waals surface area contributed by atoms with E-state index in [0.717, 1.165) is 5.92 Å². The van der Waals surface area contributed by atoms with Gasteiger partial charge in [0.1, 0.15) is 0 Å². The van der Waals surface area contributed by atoms with Gasteiger partial charge < -0.3 is 0 Å². The first kappa shape index (κ1) is 8.83. The zero-order valence-corrected chi connectivity index (χ0v) is 8.91. The van der Waals surface area contributed by atoms with Crippen LogP contribution in [0.1, 0.15) is 40.0 Å². The third-order valence-corrected chi connectivity index (χ3v) is 4.60. The SMILES string of the molecule is CC12CCC(C1)C(C)(C)C2NCl. The van der Waals surface area contributed by atoms with Gasteiger partial charge in [0.05, 0.1) is 0 Å². The summed E-state index contributed by atoms with van der Waals surface area (Å²) in [7, 11) is 0. The molecular formula is C10H18ClN. The van der Waals surface area contributed by atoms with E-state index in [-0.39, 0.29) is 0 Å². The molecule has 0 aliphatic heterocycles. The van der Waals surface area contributed by atoms with Gasteiger partial charge in [0.2, 0.25) is 0 Å². The maximum absolute atomic E-state index is 5.83. The van der Waals surface area contributed by atoms with Crippen LogP contribution in [0.3, 0.4) is 0 Å². The molecule has 2 aliphatic rings. The summed E-state index contributed by atoms with van der Waals surface area (Å²) in [6.45, 7) is 7.08. The minimum absolute atomic E-state index is 0.398. The molecule has 0 saturated heterocycles. The van der Waals surface area contributed by atoms with E-state index in [1.165, 1.54) is 19.3 Å². The molecule has 0 heterocycles. The van der Waals surface area contributed by atoms with Crippen molar-refractivity contribution in [2.75, 3.05) is 0 Å². The molecule has 12 heavy (non-hydrogen) atoms. The van der Waals surface area contributed by atoms with E-state index in [1.807, 2.05) is 0 Å². The summed E-state index contributed by atoms with van der Waals surface area (Å²) in [5.41, 5.74) is 0.866. The van der Waals surface area contributed by atoms with Crippen LogP contribution in [0.15, 0.2) is 0 Å². The van der Waals surface area contributed by atoms with Crippen LogP contribution in [0.5, 0.6) is 0 Å². The van der Waals surface area contributed by atoms with Crippen molar-refractivity contribution in [1.29, 1.82) is 0 Å². The second-order valence-electron chi connectivity index (χ2n) is 5.46. The fourth-order valence-corrected chi connectivity index (χ4v) is 4.12. The van der Waals surface area contributed by atoms with Gasteiger partial charge in [-0.25, -0.2) is 4.84 Å². The van der Waals surface area contributed by atoms with Crippen LogP contribution in [0.25, 0.3) is 0 Å². The molecule has 2 saturated carbocycles. The third kappa shape index (κ3) is 0.898. The number of hydrogen-bond donors (Lipinski definition) is 1. The molecule has 2 fully saturated rings. The molecular weight excluding hydrogens is 170 g/mol. The van der Waals surface area contributed by atoms with E-state index in [1.54, 1.807) is 0 Å². The van der Waals surface area contributed by atoms with Gasteiger partial charge in [-0.05, 0) is 47.8 Å². The summed E-state index contributed by atoms with van der Waals surface area (Å²) in [5.74, 6) is 0.888. The monoisotopic (exact) mass is 187 g/mol. The smallest absolute Gasteiger partial charge is 0.0328 e. The van der Waals surface area contributed by atoms with Crippen molar-refractivity contribution in [1.82, 2.24) is 4.84 Å². The number of nitrogens with one attached hydrogen (secondary N) is 1. The lowest BCUT2D eigenvalue weighted by molar-refractivity contribution is 0.128. The van der Waals surface area contributed by atoms with Crippen molar-refractivity contribution in [2.45, 2.75) is 46.1 Å². The zero-order valence-electron chi connectivity index (χ0n) is 8.15. The highest BCUT2D eigenvalue weighted by Gasteiger charge is 2.59. The Kier molecular flexibility index (Phi) is 1.76. The fourth-order valence-electron chi connectivity index (χ4n) is 3.57. The lowest BCUT2D eigenvalue weighted by Gasteiger charge is -2.41. The highest BCUT2D eigenvalue weighted by Crippen LogP contribution is 2.62. The molecule has 2 aliphatic carbocycles. The number of fused-ring (bicyclic) bond motifs is 2. The average molecular weight is 188 g/mol. The van der Waals surface area contributed by atoms with E-state index in [2.05, 4.69) is 25.6 Å². The van der Waals surface area contributed by atoms with E-state index in [0.29, 0.717) is 16.9 Å². The first-order valence-electron chi connectivity index (χ1n) is 4.87. The second-order valence-corrected chi connectivity index (χ2v) is 5.68. The predicted octanol–water partition coefficient (Wildman–Crippen LogP) is 2.94. The maximum Gasteiger partial charge on any atom is 0.0328 e. The van der Waals surface area contributed by atoms with Crippen molar-refractivity contribution in [3.05, 3.63) is 0 Å². The van der Waals surface area contributed by atoms with Gasteiger partial charge in [0.25, 0.3) is 0 Å². The Hall–Kier alpha value is 0.250. The highest BCUT2D eigenvalue weighted by molar-refractivity contribution is 6.13. The van der Waals surface area contributed by atoms with Gasteiger partial charge in [0, 0.05) is 6.04 Å². The molecule has 3 unspecified atom stereocenters. The topological polar surface area (TPSA) is 12.0 Å². The van der Waals surface area contributed by atoms with Crippen LogP contribution in [-0.4, -0.2) is 6.04 Å². The molecule has 0 aromatic heterocycles. The number of rotatable bonds is 1. The van der Waals surface area contributed by atoms with Crippen molar-refractivity contribution in [3.63, 3.8) is 0 Å². The molecule has 0 spiro atoms. The van der Waals surface area contributed by atoms with Crippen molar-refractivity contribution in [3.8, 4) is 0 Å². The molecule has 0 aromatic rings. The second kappa shape index (κ2) is 2.39. The van der Waals surface area contributed by atoms with E-state index < -0.39 is 0 Å². The van der Waals surface area contributed by atoms with Gasteiger partial charge in [-0.15, -0.1) is 0 Å². The Morgan fingerprint density at radius 1 is 1.33 bits per heavy atom. The van der Waals surface area contributed by atoms with Gasteiger partial charge in [-0.3, -0.25) is 0 Å². The van der Waals surface area contributed by atoms with Gasteiger partial charge in [-0.1, -0.05) is 20.8 Å². The van der Waals surface area contributed by atoms with Crippen molar-refractivity contribution < 1.29 is 0 Å². The summed E-state index contributed by atoms with van der Waals surface area (Å²) in [5, 5.41) is 0. The lowest BCUT2D eigenvalue weighted by Crippen LogP contribution is -2.46. The minimum atomic E-state index is 0.398. The lowest BCUT2D eigenvalue weighted by atomic mass is 9.69. The molecule has 2 rings (SSSR count). The van der Waals surface area contributed by atoms with Crippen LogP contribution in [0.4, 0.5) is 0 Å². The Balaban J connectivity index is 2.31. The fraction of sp³-hybridized carbons (Fsp3) is 1.00. The van der Waals surface area contributed by atoms with Crippen LogP contribution >= 0.6 is 11.8 Å². The first-order valence-corrected chi connectivity index (χ1v) is 5.25. The normalized spacial score (nSPS) is 50.0. The molecule has 0 radical (unpaired) electrons. The molecule has 2 heteroatoms. The summed E-state index contributed by atoms with van der Waals surface area (Å²) in [6, 6.07) is 0.505. The molecule has 0 amide bonds. The van der Waals surface area contributed by atoms with Crippen LogP contribution in [0, 0.1) is 16.7 Å². The molecule has 1 N–H and O–H groups in total. The number of halogens is 1. The van der Waals surface area contributed by atoms with E-state index >= 15 is 0 Å². The third-order valence-electron chi connectivity index (χ3n) is 4.38. The first-order chi connectivity index (χ1) is 5.50. The average Bonchev–Trinajstić information content (AvgIpc) is 2.39. The summed E-state index contributed by atoms with van der Waals surface area (Å²) in [6.07, 6.45) is 4.12. The van der Waals surface area contributed by atoms with Crippen LogP contribution < -0.4 is 4.84 Å². The van der Waals surface area contributed by atoms with E-state index in [4.69, 9.17) is 11.8 Å². The molecule has 0 aromatic carbocycles. The minimum Gasteiger partial charge on any atom is -0.229 e. The zero-order chi connectivity index (χ0) is 8.98. The Morgan fingerprint density at radius 2 is 2.00 bits per heavy atom. The highest BCUT2D eigenvalue weighted by atomic mass is 35.5. The summed E-state index contributed by atoms with van der Waals surface area (Å²) < 4.78 is 0. The maximum atomic E-state index is 5.83. The van der Waals surface area contributed by atoms with Crippen molar-refractivity contribution in [2.24, 2.45) is 16.7 Å². The molecule has 1 nitrogen and oxygen atoms in total. The van der Waals surface area contributed by atoms with Crippen LogP contribution in [0.2, 0.25) is 0 Å². The largest absolute Gasteiger partial charge is 0.229 e.